The molecule has 4 rings (SSSR count). The number of aliphatic hydroxyl groups is 1. The number of carbonyl (C=O) groups is 1. The maximum Gasteiger partial charge on any atom is 0.249 e. The normalized spacial score (nSPS) is 16.0. The van der Waals surface area contributed by atoms with Crippen LogP contribution in [0.1, 0.15) is 49.9 Å². The Balaban J connectivity index is 0.00000228. The number of aryl methyl sites for hydroxylation is 1. The van der Waals surface area contributed by atoms with Gasteiger partial charge in [0.25, 0.3) is 0 Å². The van der Waals surface area contributed by atoms with Gasteiger partial charge in [-0.2, -0.15) is 0 Å². The van der Waals surface area contributed by atoms with Gasteiger partial charge in [-0.1, -0.05) is 39.0 Å². The van der Waals surface area contributed by atoms with E-state index in [-0.39, 0.29) is 27.4 Å². The van der Waals surface area contributed by atoms with E-state index in [0.717, 1.165) is 48.2 Å². The number of rotatable bonds is 5. The van der Waals surface area contributed by atoms with Gasteiger partial charge in [0.1, 0.15) is 17.7 Å². The molecule has 2 heterocycles. The van der Waals surface area contributed by atoms with Gasteiger partial charge in [-0.25, -0.2) is 9.97 Å². The fourth-order valence-corrected chi connectivity index (χ4v) is 4.45. The zero-order valence-electron chi connectivity index (χ0n) is 20.4. The fraction of sp³-hybridized carbons (Fsp3) is 0.444. The minimum absolute atomic E-state index is 0. The summed E-state index contributed by atoms with van der Waals surface area (Å²) in [4.78, 5) is 24.3. The number of carbonyl (C=O) groups excluding carboxylic acids is 1. The van der Waals surface area contributed by atoms with E-state index < -0.39 is 6.10 Å². The van der Waals surface area contributed by atoms with E-state index in [1.165, 1.54) is 0 Å². The van der Waals surface area contributed by atoms with Crippen LogP contribution in [0.5, 0.6) is 5.75 Å². The van der Waals surface area contributed by atoms with Crippen LogP contribution in [0.3, 0.4) is 0 Å². The number of aromatic hydroxyl groups is 1. The molecule has 1 unspecified atom stereocenters. The number of para-hydroxylation sites is 1. The summed E-state index contributed by atoms with van der Waals surface area (Å²) < 4.78 is 0. The Labute approximate surface area is 205 Å². The lowest BCUT2D eigenvalue weighted by molar-refractivity contribution is -0.131. The van der Waals surface area contributed by atoms with Crippen molar-refractivity contribution in [2.45, 2.75) is 59.1 Å². The molecule has 1 aliphatic rings. The van der Waals surface area contributed by atoms with E-state index >= 15 is 0 Å². The van der Waals surface area contributed by atoms with Crippen molar-refractivity contribution in [1.82, 2.24) is 15.3 Å². The van der Waals surface area contributed by atoms with Crippen LogP contribution < -0.4 is 10.2 Å². The molecule has 0 saturated carbocycles. The highest BCUT2D eigenvalue weighted by Gasteiger charge is 2.28. The number of phenolic OH excluding ortho intramolecular Hbond substituents is 1. The van der Waals surface area contributed by atoms with Crippen molar-refractivity contribution in [2.24, 2.45) is 5.41 Å². The summed E-state index contributed by atoms with van der Waals surface area (Å²) >= 11 is 0. The minimum atomic E-state index is -0.992. The summed E-state index contributed by atoms with van der Waals surface area (Å²) in [6, 6.07) is 13.3. The van der Waals surface area contributed by atoms with Gasteiger partial charge >= 0.3 is 0 Å². The standard InChI is InChI=1S/C27H34N4O3.3H2/c1-17-9-10-19-21(15-17)29-24(20-7-5-6-8-22(20)32)30-25(19)31-13-11-18(12-14-31)28-26(34)23(33)16-27(2,3)4;;;/h5-10,15,18,23,32-33H,11-14,16H2,1-4H3,(H,28,34);3*1H. The lowest BCUT2D eigenvalue weighted by atomic mass is 9.89. The third-order valence-corrected chi connectivity index (χ3v) is 6.23. The zero-order chi connectivity index (χ0) is 24.5. The van der Waals surface area contributed by atoms with Crippen LogP contribution in [0.25, 0.3) is 22.3 Å². The molecule has 3 aromatic rings. The van der Waals surface area contributed by atoms with Gasteiger partial charge in [0, 0.05) is 28.8 Å². The first kappa shape index (κ1) is 24.0. The van der Waals surface area contributed by atoms with Crippen LogP contribution in [-0.2, 0) is 4.79 Å². The van der Waals surface area contributed by atoms with Crippen LogP contribution in [0.15, 0.2) is 42.5 Å². The first-order valence-corrected chi connectivity index (χ1v) is 11.9. The summed E-state index contributed by atoms with van der Waals surface area (Å²) in [7, 11) is 0. The summed E-state index contributed by atoms with van der Waals surface area (Å²) in [5.41, 5.74) is 2.43. The second-order valence-corrected chi connectivity index (χ2v) is 10.5. The van der Waals surface area contributed by atoms with E-state index in [9.17, 15) is 15.0 Å². The molecule has 0 bridgehead atoms. The number of phenols is 1. The lowest BCUT2D eigenvalue weighted by Crippen LogP contribution is -2.48. The SMILES string of the molecule is Cc1ccc2c(N3CCC(NC(=O)C(O)CC(C)(C)C)CC3)nc(-c3ccccc3O)nc2c1.[HH].[HH].[HH]. The fourth-order valence-electron chi connectivity index (χ4n) is 4.45. The molecule has 7 nitrogen and oxygen atoms in total. The van der Waals surface area contributed by atoms with E-state index in [0.29, 0.717) is 17.8 Å². The van der Waals surface area contributed by atoms with Gasteiger partial charge in [-0.15, -0.1) is 0 Å². The number of nitrogens with zero attached hydrogens (tertiary/aromatic N) is 3. The van der Waals surface area contributed by atoms with Gasteiger partial charge in [0.15, 0.2) is 5.82 Å². The van der Waals surface area contributed by atoms with Crippen molar-refractivity contribution in [3.63, 3.8) is 0 Å². The Morgan fingerprint density at radius 3 is 2.56 bits per heavy atom. The third kappa shape index (κ3) is 5.47. The molecule has 0 radical (unpaired) electrons. The molecule has 1 amide bonds. The third-order valence-electron chi connectivity index (χ3n) is 6.23. The summed E-state index contributed by atoms with van der Waals surface area (Å²) in [5.74, 6) is 1.18. The smallest absolute Gasteiger partial charge is 0.249 e. The van der Waals surface area contributed by atoms with Gasteiger partial charge in [-0.3, -0.25) is 4.79 Å². The van der Waals surface area contributed by atoms with Crippen LogP contribution >= 0.6 is 0 Å². The second kappa shape index (κ2) is 9.58. The molecule has 0 spiro atoms. The molecule has 1 aromatic heterocycles. The molecule has 1 atom stereocenters. The van der Waals surface area contributed by atoms with Crippen LogP contribution in [0.2, 0.25) is 0 Å². The molecular formula is C27H40N4O3. The predicted octanol–water partition coefficient (Wildman–Crippen LogP) is 4.93. The summed E-state index contributed by atoms with van der Waals surface area (Å²) in [5, 5.41) is 24.6. The number of nitrogens with one attached hydrogen (secondary N) is 1. The number of aliphatic hydroxyl groups excluding tert-OH is 1. The van der Waals surface area contributed by atoms with Gasteiger partial charge in [-0.05, 0) is 61.4 Å². The molecule has 1 fully saturated rings. The number of fused-ring (bicyclic) bond motifs is 1. The topological polar surface area (TPSA) is 98.6 Å². The molecule has 186 valence electrons. The average molecular weight is 469 g/mol. The Kier molecular flexibility index (Phi) is 6.75. The minimum Gasteiger partial charge on any atom is -0.507 e. The molecule has 1 aliphatic heterocycles. The first-order chi connectivity index (χ1) is 16.1. The predicted molar refractivity (Wildman–Crippen MR) is 141 cm³/mol. The Morgan fingerprint density at radius 2 is 1.88 bits per heavy atom. The summed E-state index contributed by atoms with van der Waals surface area (Å²) in [6.45, 7) is 9.51. The molecule has 1 saturated heterocycles. The van der Waals surface area contributed by atoms with E-state index in [2.05, 4.69) is 16.3 Å². The monoisotopic (exact) mass is 468 g/mol. The molecule has 0 aliphatic carbocycles. The van der Waals surface area contributed by atoms with Crippen molar-refractivity contribution in [1.29, 1.82) is 0 Å². The number of piperidine rings is 1. The Bertz CT molecular complexity index is 1200. The van der Waals surface area contributed by atoms with Crippen LogP contribution in [0, 0.1) is 12.3 Å². The van der Waals surface area contributed by atoms with Crippen molar-refractivity contribution in [2.75, 3.05) is 18.0 Å². The largest absolute Gasteiger partial charge is 0.507 e. The van der Waals surface area contributed by atoms with Crippen LogP contribution in [0.4, 0.5) is 5.82 Å². The first-order valence-electron chi connectivity index (χ1n) is 11.9. The maximum atomic E-state index is 12.5. The van der Waals surface area contributed by atoms with E-state index in [4.69, 9.17) is 9.97 Å². The van der Waals surface area contributed by atoms with Gasteiger partial charge < -0.3 is 20.4 Å². The maximum absolute atomic E-state index is 12.5. The number of hydrogen-bond acceptors (Lipinski definition) is 6. The quantitative estimate of drug-likeness (QED) is 0.491. The van der Waals surface area contributed by atoms with Crippen molar-refractivity contribution in [3.8, 4) is 17.1 Å². The van der Waals surface area contributed by atoms with Crippen molar-refractivity contribution in [3.05, 3.63) is 48.0 Å². The highest BCUT2D eigenvalue weighted by atomic mass is 16.3. The molecule has 2 aromatic carbocycles. The van der Waals surface area contributed by atoms with E-state index in [1.807, 2.05) is 52.0 Å². The number of amides is 1. The van der Waals surface area contributed by atoms with Gasteiger partial charge in [0.05, 0.1) is 11.1 Å². The number of hydrogen-bond donors (Lipinski definition) is 3. The Morgan fingerprint density at radius 1 is 1.18 bits per heavy atom. The average Bonchev–Trinajstić information content (AvgIpc) is 2.78. The molecular weight excluding hydrogens is 428 g/mol. The number of anilines is 1. The number of benzene rings is 2. The summed E-state index contributed by atoms with van der Waals surface area (Å²) in [6.07, 6.45) is 0.960. The van der Waals surface area contributed by atoms with Crippen LogP contribution in [-0.4, -0.2) is 51.3 Å². The Hall–Kier alpha value is -3.19. The lowest BCUT2D eigenvalue weighted by Gasteiger charge is -2.34. The number of aromatic nitrogens is 2. The second-order valence-electron chi connectivity index (χ2n) is 10.5. The molecule has 3 N–H and O–H groups in total. The molecule has 7 heteroatoms. The highest BCUT2D eigenvalue weighted by Crippen LogP contribution is 2.33. The molecule has 34 heavy (non-hydrogen) atoms. The van der Waals surface area contributed by atoms with Crippen molar-refractivity contribution < 1.29 is 19.3 Å². The van der Waals surface area contributed by atoms with Gasteiger partial charge in [0.2, 0.25) is 5.91 Å². The van der Waals surface area contributed by atoms with E-state index in [1.54, 1.807) is 12.1 Å². The zero-order valence-corrected chi connectivity index (χ0v) is 20.4. The van der Waals surface area contributed by atoms with Crippen molar-refractivity contribution >= 4 is 22.6 Å². The highest BCUT2D eigenvalue weighted by molar-refractivity contribution is 5.92.